The third-order valence-corrected chi connectivity index (χ3v) is 4.44. The number of thiophene rings is 1. The van der Waals surface area contributed by atoms with Crippen LogP contribution in [-0.2, 0) is 6.42 Å². The number of aryl methyl sites for hydroxylation is 2. The van der Waals surface area contributed by atoms with Gasteiger partial charge in [-0.25, -0.2) is 9.37 Å². The molecule has 1 aromatic carbocycles. The van der Waals surface area contributed by atoms with Crippen molar-refractivity contribution in [2.75, 3.05) is 11.1 Å². The van der Waals surface area contributed by atoms with Crippen LogP contribution in [0.3, 0.4) is 0 Å². The lowest BCUT2D eigenvalue weighted by atomic mass is 10.2. The van der Waals surface area contributed by atoms with Gasteiger partial charge in [-0.05, 0) is 37.1 Å². The normalized spacial score (nSPS) is 11.0. The Morgan fingerprint density at radius 2 is 2.10 bits per heavy atom. The summed E-state index contributed by atoms with van der Waals surface area (Å²) in [7, 11) is 0. The summed E-state index contributed by atoms with van der Waals surface area (Å²) in [5.41, 5.74) is 7.38. The van der Waals surface area contributed by atoms with Gasteiger partial charge in [0.25, 0.3) is 0 Å². The predicted molar refractivity (Wildman–Crippen MR) is 85.6 cm³/mol. The van der Waals surface area contributed by atoms with E-state index in [1.54, 1.807) is 17.4 Å². The molecule has 0 aliphatic heterocycles. The molecule has 0 saturated heterocycles. The molecule has 3 rings (SSSR count). The zero-order chi connectivity index (χ0) is 15.0. The Labute approximate surface area is 125 Å². The Kier molecular flexibility index (Phi) is 3.47. The zero-order valence-corrected chi connectivity index (χ0v) is 12.6. The van der Waals surface area contributed by atoms with Crippen molar-refractivity contribution >= 4 is 39.0 Å². The van der Waals surface area contributed by atoms with Crippen LogP contribution >= 0.6 is 11.3 Å². The second kappa shape index (κ2) is 5.29. The molecule has 0 saturated carbocycles. The lowest BCUT2D eigenvalue weighted by Gasteiger charge is -2.10. The van der Waals surface area contributed by atoms with Crippen LogP contribution in [0.1, 0.15) is 17.4 Å². The van der Waals surface area contributed by atoms with Crippen molar-refractivity contribution in [3.8, 4) is 0 Å². The van der Waals surface area contributed by atoms with Crippen LogP contribution in [0.5, 0.6) is 0 Å². The number of nitrogen functional groups attached to an aromatic ring is 1. The number of halogens is 1. The number of fused-ring (bicyclic) bond motifs is 1. The van der Waals surface area contributed by atoms with Crippen LogP contribution in [0.2, 0.25) is 0 Å². The monoisotopic (exact) mass is 302 g/mol. The molecular formula is C15H15FN4S. The quantitative estimate of drug-likeness (QED) is 0.767. The average Bonchev–Trinajstić information content (AvgIpc) is 2.86. The van der Waals surface area contributed by atoms with Crippen molar-refractivity contribution < 1.29 is 4.39 Å². The summed E-state index contributed by atoms with van der Waals surface area (Å²) < 4.78 is 13.4. The van der Waals surface area contributed by atoms with Gasteiger partial charge in [-0.1, -0.05) is 13.0 Å². The van der Waals surface area contributed by atoms with Gasteiger partial charge in [0.1, 0.15) is 16.5 Å². The molecule has 0 atom stereocenters. The number of hydrogen-bond donors (Lipinski definition) is 2. The van der Waals surface area contributed by atoms with Crippen molar-refractivity contribution in [3.05, 3.63) is 40.5 Å². The van der Waals surface area contributed by atoms with Crippen LogP contribution in [-0.4, -0.2) is 9.97 Å². The largest absolute Gasteiger partial charge is 0.368 e. The van der Waals surface area contributed by atoms with E-state index in [1.165, 1.54) is 17.0 Å². The van der Waals surface area contributed by atoms with E-state index < -0.39 is 0 Å². The molecule has 3 aromatic rings. The van der Waals surface area contributed by atoms with E-state index in [0.717, 1.165) is 22.2 Å². The Morgan fingerprint density at radius 3 is 2.86 bits per heavy atom. The Balaban J connectivity index is 2.11. The minimum absolute atomic E-state index is 0.212. The number of rotatable bonds is 3. The number of nitrogens with zero attached hydrogens (tertiary/aromatic N) is 2. The summed E-state index contributed by atoms with van der Waals surface area (Å²) in [5.74, 6) is 0.534. The lowest BCUT2D eigenvalue weighted by molar-refractivity contribution is 0.628. The van der Waals surface area contributed by atoms with Crippen molar-refractivity contribution in [3.63, 3.8) is 0 Å². The summed E-state index contributed by atoms with van der Waals surface area (Å²) >= 11 is 1.60. The highest BCUT2D eigenvalue weighted by Gasteiger charge is 2.11. The van der Waals surface area contributed by atoms with Gasteiger partial charge in [0, 0.05) is 10.6 Å². The molecule has 0 fully saturated rings. The fraction of sp³-hybridized carbons (Fsp3) is 0.200. The molecule has 2 heterocycles. The second-order valence-electron chi connectivity index (χ2n) is 4.80. The summed E-state index contributed by atoms with van der Waals surface area (Å²) in [6.07, 6.45) is 0.930. The highest BCUT2D eigenvalue weighted by molar-refractivity contribution is 7.18. The second-order valence-corrected chi connectivity index (χ2v) is 5.91. The molecule has 6 heteroatoms. The van der Waals surface area contributed by atoms with E-state index >= 15 is 0 Å². The minimum Gasteiger partial charge on any atom is -0.368 e. The minimum atomic E-state index is -0.291. The third kappa shape index (κ3) is 2.67. The maximum Gasteiger partial charge on any atom is 0.223 e. The van der Waals surface area contributed by atoms with Crippen LogP contribution in [0.25, 0.3) is 10.2 Å². The SMILES string of the molecule is CCc1cc2c(Nc3cc(F)ccc3C)nc(N)nc2s1. The van der Waals surface area contributed by atoms with Gasteiger partial charge in [0.2, 0.25) is 5.95 Å². The molecule has 21 heavy (non-hydrogen) atoms. The first kappa shape index (κ1) is 13.8. The molecule has 0 spiro atoms. The van der Waals surface area contributed by atoms with Gasteiger partial charge >= 0.3 is 0 Å². The number of aromatic nitrogens is 2. The smallest absolute Gasteiger partial charge is 0.223 e. The summed E-state index contributed by atoms with van der Waals surface area (Å²) in [6.45, 7) is 4.00. The van der Waals surface area contributed by atoms with Crippen molar-refractivity contribution in [1.29, 1.82) is 0 Å². The summed E-state index contributed by atoms with van der Waals surface area (Å²) in [5, 5.41) is 4.08. The summed E-state index contributed by atoms with van der Waals surface area (Å²) in [6, 6.07) is 6.66. The van der Waals surface area contributed by atoms with Crippen LogP contribution in [0.4, 0.5) is 21.8 Å². The topological polar surface area (TPSA) is 63.8 Å². The standard InChI is InChI=1S/C15H15FN4S/c1-3-10-7-11-13(19-15(17)20-14(11)21-10)18-12-6-9(16)5-4-8(12)2/h4-7H,3H2,1-2H3,(H3,17,18,19,20). The van der Waals surface area contributed by atoms with Gasteiger partial charge in [0.15, 0.2) is 0 Å². The van der Waals surface area contributed by atoms with Gasteiger partial charge < -0.3 is 11.1 Å². The Bertz CT molecular complexity index is 813. The zero-order valence-electron chi connectivity index (χ0n) is 11.8. The molecular weight excluding hydrogens is 287 g/mol. The molecule has 0 aliphatic carbocycles. The first-order valence-corrected chi connectivity index (χ1v) is 7.47. The molecule has 3 N–H and O–H groups in total. The predicted octanol–water partition coefficient (Wildman–Crippen LogP) is 4.03. The average molecular weight is 302 g/mol. The first-order valence-electron chi connectivity index (χ1n) is 6.66. The summed E-state index contributed by atoms with van der Waals surface area (Å²) in [4.78, 5) is 10.6. The van der Waals surface area contributed by atoms with Crippen molar-refractivity contribution in [1.82, 2.24) is 9.97 Å². The molecule has 4 nitrogen and oxygen atoms in total. The Morgan fingerprint density at radius 1 is 1.29 bits per heavy atom. The van der Waals surface area contributed by atoms with E-state index in [0.29, 0.717) is 11.5 Å². The fourth-order valence-corrected chi connectivity index (χ4v) is 3.09. The fourth-order valence-electron chi connectivity index (χ4n) is 2.11. The third-order valence-electron chi connectivity index (χ3n) is 3.26. The van der Waals surface area contributed by atoms with Gasteiger partial charge in [-0.2, -0.15) is 4.98 Å². The maximum atomic E-state index is 13.4. The number of nitrogens with one attached hydrogen (secondary N) is 1. The highest BCUT2D eigenvalue weighted by Crippen LogP contribution is 2.32. The highest BCUT2D eigenvalue weighted by atomic mass is 32.1. The van der Waals surface area contributed by atoms with E-state index in [4.69, 9.17) is 5.73 Å². The molecule has 2 aromatic heterocycles. The van der Waals surface area contributed by atoms with E-state index in [1.807, 2.05) is 6.92 Å². The van der Waals surface area contributed by atoms with Crippen LogP contribution in [0, 0.1) is 12.7 Å². The lowest BCUT2D eigenvalue weighted by Crippen LogP contribution is -2.01. The number of hydrogen-bond acceptors (Lipinski definition) is 5. The van der Waals surface area contributed by atoms with Crippen molar-refractivity contribution in [2.24, 2.45) is 0 Å². The van der Waals surface area contributed by atoms with Gasteiger partial charge in [0.05, 0.1) is 5.39 Å². The van der Waals surface area contributed by atoms with Crippen LogP contribution < -0.4 is 11.1 Å². The maximum absolute atomic E-state index is 13.4. The molecule has 0 aliphatic rings. The molecule has 0 radical (unpaired) electrons. The van der Waals surface area contributed by atoms with E-state index in [2.05, 4.69) is 28.3 Å². The molecule has 0 unspecified atom stereocenters. The van der Waals surface area contributed by atoms with Gasteiger partial charge in [-0.3, -0.25) is 0 Å². The van der Waals surface area contributed by atoms with Crippen molar-refractivity contribution in [2.45, 2.75) is 20.3 Å². The number of benzene rings is 1. The molecule has 108 valence electrons. The van der Waals surface area contributed by atoms with Crippen LogP contribution in [0.15, 0.2) is 24.3 Å². The number of anilines is 3. The first-order chi connectivity index (χ1) is 10.1. The Hall–Kier alpha value is -2.21. The van der Waals surface area contributed by atoms with E-state index in [-0.39, 0.29) is 11.8 Å². The van der Waals surface area contributed by atoms with E-state index in [9.17, 15) is 4.39 Å². The molecule has 0 bridgehead atoms. The van der Waals surface area contributed by atoms with Gasteiger partial charge in [-0.15, -0.1) is 11.3 Å². The number of nitrogens with two attached hydrogens (primary N) is 1. The molecule has 0 amide bonds.